The van der Waals surface area contributed by atoms with Crippen LogP contribution >= 0.6 is 0 Å². The molecule has 8 heteroatoms. The van der Waals surface area contributed by atoms with Gasteiger partial charge in [-0.25, -0.2) is 4.98 Å². The Morgan fingerprint density at radius 2 is 2.00 bits per heavy atom. The van der Waals surface area contributed by atoms with Crippen LogP contribution in [0.25, 0.3) is 0 Å². The lowest BCUT2D eigenvalue weighted by molar-refractivity contribution is -0.187. The number of nitrogens with one attached hydrogen (secondary N) is 1. The summed E-state index contributed by atoms with van der Waals surface area (Å²) in [6, 6.07) is 0.0570. The number of likely N-dealkylation sites (tertiary alicyclic amines) is 1. The van der Waals surface area contributed by atoms with Crippen LogP contribution in [0, 0.1) is 0 Å². The predicted octanol–water partition coefficient (Wildman–Crippen LogP) is 0.0606. The quantitative estimate of drug-likeness (QED) is 0.821. The van der Waals surface area contributed by atoms with E-state index in [1.54, 1.807) is 11.1 Å². The van der Waals surface area contributed by atoms with Gasteiger partial charge in [0.25, 0.3) is 5.91 Å². The monoisotopic (exact) mass is 359 g/mol. The average molecular weight is 359 g/mol. The Balaban J connectivity index is 1.30. The number of carbonyl (C=O) groups excluding carboxylic acids is 2. The summed E-state index contributed by atoms with van der Waals surface area (Å²) in [6.45, 7) is 2.04. The largest absolute Gasteiger partial charge is 0.368 e. The summed E-state index contributed by atoms with van der Waals surface area (Å²) >= 11 is 0. The van der Waals surface area contributed by atoms with Crippen LogP contribution < -0.4 is 5.32 Å². The molecule has 2 saturated heterocycles. The van der Waals surface area contributed by atoms with Crippen molar-refractivity contribution in [3.63, 3.8) is 0 Å². The smallest absolute Gasteiger partial charge is 0.274 e. The van der Waals surface area contributed by atoms with Crippen molar-refractivity contribution in [2.24, 2.45) is 0 Å². The topological polar surface area (TPSA) is 87.7 Å². The van der Waals surface area contributed by atoms with Gasteiger partial charge >= 0.3 is 0 Å². The van der Waals surface area contributed by atoms with Crippen LogP contribution in [0.15, 0.2) is 18.6 Å². The van der Waals surface area contributed by atoms with Crippen LogP contribution in [0.3, 0.4) is 0 Å². The summed E-state index contributed by atoms with van der Waals surface area (Å²) < 4.78 is 6.05. The van der Waals surface area contributed by atoms with Crippen molar-refractivity contribution in [1.29, 1.82) is 0 Å². The molecule has 140 valence electrons. The molecule has 1 unspecified atom stereocenters. The first-order valence-corrected chi connectivity index (χ1v) is 9.26. The lowest BCUT2D eigenvalue weighted by Gasteiger charge is -2.54. The van der Waals surface area contributed by atoms with Crippen LogP contribution in [0.4, 0.5) is 0 Å². The van der Waals surface area contributed by atoms with Crippen LogP contribution in [0.5, 0.6) is 0 Å². The third kappa shape index (κ3) is 3.31. The minimum atomic E-state index is -0.378. The number of hydrogen-bond donors (Lipinski definition) is 1. The van der Waals surface area contributed by atoms with Crippen LogP contribution in [0.2, 0.25) is 0 Å². The first-order valence-electron chi connectivity index (χ1n) is 9.26. The van der Waals surface area contributed by atoms with Gasteiger partial charge in [0.15, 0.2) is 0 Å². The van der Waals surface area contributed by atoms with E-state index < -0.39 is 0 Å². The van der Waals surface area contributed by atoms with E-state index in [0.29, 0.717) is 38.0 Å². The second-order valence-electron chi connectivity index (χ2n) is 7.67. The molecule has 1 aromatic heterocycles. The molecule has 26 heavy (non-hydrogen) atoms. The second-order valence-corrected chi connectivity index (χ2v) is 7.67. The second kappa shape index (κ2) is 6.92. The van der Waals surface area contributed by atoms with Gasteiger partial charge in [0, 0.05) is 25.0 Å². The first kappa shape index (κ1) is 17.4. The Morgan fingerprint density at radius 1 is 1.23 bits per heavy atom. The van der Waals surface area contributed by atoms with Crippen molar-refractivity contribution in [3.8, 4) is 0 Å². The van der Waals surface area contributed by atoms with Crippen molar-refractivity contribution in [3.05, 3.63) is 24.3 Å². The standard InChI is InChI=1S/C18H25N5O3/c1-22-10-18(11-23(12-18)17(25)14-8-19-6-7-20-14)26-9-15(22)16(24)21-13-4-2-3-5-13/h6-8,13,15H,2-5,9-12H2,1H3,(H,21,24). The predicted molar refractivity (Wildman–Crippen MR) is 93.4 cm³/mol. The van der Waals surface area contributed by atoms with Gasteiger partial charge < -0.3 is 15.0 Å². The first-order chi connectivity index (χ1) is 12.6. The highest BCUT2D eigenvalue weighted by molar-refractivity contribution is 5.92. The molecule has 1 aliphatic carbocycles. The van der Waals surface area contributed by atoms with Gasteiger partial charge in [0.1, 0.15) is 17.3 Å². The highest BCUT2D eigenvalue weighted by Gasteiger charge is 2.51. The van der Waals surface area contributed by atoms with Crippen LogP contribution in [-0.2, 0) is 9.53 Å². The van der Waals surface area contributed by atoms with E-state index in [1.807, 2.05) is 7.05 Å². The third-order valence-electron chi connectivity index (χ3n) is 5.65. The van der Waals surface area contributed by atoms with E-state index in [1.165, 1.54) is 25.2 Å². The van der Waals surface area contributed by atoms with Crippen LogP contribution in [-0.4, -0.2) is 82.6 Å². The molecule has 3 aliphatic rings. The molecule has 3 heterocycles. The Bertz CT molecular complexity index is 671. The summed E-state index contributed by atoms with van der Waals surface area (Å²) in [5, 5.41) is 3.15. The zero-order valence-corrected chi connectivity index (χ0v) is 15.1. The molecule has 1 N–H and O–H groups in total. The van der Waals surface area contributed by atoms with Crippen molar-refractivity contribution >= 4 is 11.8 Å². The van der Waals surface area contributed by atoms with E-state index in [-0.39, 0.29) is 23.5 Å². The number of nitrogens with zero attached hydrogens (tertiary/aromatic N) is 4. The normalized spacial score (nSPS) is 25.9. The lowest BCUT2D eigenvalue weighted by Crippen LogP contribution is -2.73. The Kier molecular flexibility index (Phi) is 4.62. The molecule has 1 atom stereocenters. The summed E-state index contributed by atoms with van der Waals surface area (Å²) in [5.41, 5.74) is -0.0307. The summed E-state index contributed by atoms with van der Waals surface area (Å²) in [5.74, 6) is -0.0721. The summed E-state index contributed by atoms with van der Waals surface area (Å²) in [7, 11) is 1.95. The molecule has 0 radical (unpaired) electrons. The lowest BCUT2D eigenvalue weighted by atomic mass is 9.90. The molecule has 2 amide bonds. The molecule has 0 aromatic carbocycles. The molecule has 1 saturated carbocycles. The van der Waals surface area contributed by atoms with Crippen molar-refractivity contribution in [2.45, 2.75) is 43.4 Å². The molecule has 3 fully saturated rings. The number of amides is 2. The highest BCUT2D eigenvalue weighted by Crippen LogP contribution is 2.31. The molecule has 4 rings (SSSR count). The van der Waals surface area contributed by atoms with Crippen molar-refractivity contribution in [2.75, 3.05) is 33.3 Å². The molecule has 0 bridgehead atoms. The maximum atomic E-state index is 12.5. The molecule has 1 spiro atoms. The van der Waals surface area contributed by atoms with Gasteiger partial charge in [-0.15, -0.1) is 0 Å². The fourth-order valence-electron chi connectivity index (χ4n) is 4.19. The van der Waals surface area contributed by atoms with Crippen molar-refractivity contribution in [1.82, 2.24) is 25.1 Å². The zero-order valence-electron chi connectivity index (χ0n) is 15.1. The Labute approximate surface area is 152 Å². The number of morpholine rings is 1. The number of aromatic nitrogens is 2. The number of ether oxygens (including phenoxy) is 1. The number of carbonyl (C=O) groups is 2. The maximum absolute atomic E-state index is 12.5. The third-order valence-corrected chi connectivity index (χ3v) is 5.65. The van der Waals surface area contributed by atoms with Crippen molar-refractivity contribution < 1.29 is 14.3 Å². The van der Waals surface area contributed by atoms with Gasteiger partial charge in [0.05, 0.1) is 25.9 Å². The maximum Gasteiger partial charge on any atom is 0.274 e. The minimum absolute atomic E-state index is 0.0565. The molecular formula is C18H25N5O3. The zero-order chi connectivity index (χ0) is 18.1. The molecule has 1 aromatic rings. The summed E-state index contributed by atoms with van der Waals surface area (Å²) in [6.07, 6.45) is 9.08. The van der Waals surface area contributed by atoms with Gasteiger partial charge in [-0.1, -0.05) is 12.8 Å². The molecule has 8 nitrogen and oxygen atoms in total. The van der Waals surface area contributed by atoms with Gasteiger partial charge in [0.2, 0.25) is 5.91 Å². The van der Waals surface area contributed by atoms with E-state index in [9.17, 15) is 9.59 Å². The number of likely N-dealkylation sites (N-methyl/N-ethyl adjacent to an activating group) is 1. The number of hydrogen-bond acceptors (Lipinski definition) is 6. The van der Waals surface area contributed by atoms with Crippen LogP contribution in [0.1, 0.15) is 36.2 Å². The highest BCUT2D eigenvalue weighted by atomic mass is 16.5. The van der Waals surface area contributed by atoms with E-state index in [0.717, 1.165) is 12.8 Å². The average Bonchev–Trinajstić information content (AvgIpc) is 3.12. The Hall–Kier alpha value is -2.06. The van der Waals surface area contributed by atoms with E-state index in [2.05, 4.69) is 20.2 Å². The Morgan fingerprint density at radius 3 is 2.65 bits per heavy atom. The fraction of sp³-hybridized carbons (Fsp3) is 0.667. The number of rotatable bonds is 3. The minimum Gasteiger partial charge on any atom is -0.368 e. The SMILES string of the molecule is CN1CC2(CN(C(=O)c3cnccn3)C2)OCC1C(=O)NC1CCCC1. The fourth-order valence-corrected chi connectivity index (χ4v) is 4.19. The molecule has 2 aliphatic heterocycles. The van der Waals surface area contributed by atoms with Gasteiger partial charge in [-0.2, -0.15) is 0 Å². The van der Waals surface area contributed by atoms with Gasteiger partial charge in [-0.3, -0.25) is 19.5 Å². The summed E-state index contributed by atoms with van der Waals surface area (Å²) in [4.78, 5) is 36.7. The van der Waals surface area contributed by atoms with E-state index >= 15 is 0 Å². The molecular weight excluding hydrogens is 334 g/mol. The van der Waals surface area contributed by atoms with Gasteiger partial charge in [-0.05, 0) is 19.9 Å². The van der Waals surface area contributed by atoms with E-state index in [4.69, 9.17) is 4.74 Å².